The van der Waals surface area contributed by atoms with Crippen molar-refractivity contribution in [1.82, 2.24) is 0 Å². The van der Waals surface area contributed by atoms with E-state index in [0.29, 0.717) is 21.9 Å². The number of ether oxygens (including phenoxy) is 1. The van der Waals surface area contributed by atoms with E-state index < -0.39 is 22.9 Å². The van der Waals surface area contributed by atoms with Crippen molar-refractivity contribution in [3.63, 3.8) is 0 Å². The summed E-state index contributed by atoms with van der Waals surface area (Å²) in [5.74, 6) is -0.192. The maximum absolute atomic E-state index is 13.0. The van der Waals surface area contributed by atoms with E-state index in [9.17, 15) is 22.8 Å². The van der Waals surface area contributed by atoms with Gasteiger partial charge in [-0.3, -0.25) is 9.59 Å². The molecule has 10 heteroatoms. The molecule has 3 aromatic carbocycles. The van der Waals surface area contributed by atoms with E-state index in [-0.39, 0.29) is 16.6 Å². The number of carbonyl (C=O) groups excluding carboxylic acids is 2. The fourth-order valence-corrected chi connectivity index (χ4v) is 3.97. The van der Waals surface area contributed by atoms with Crippen molar-refractivity contribution < 1.29 is 27.5 Å². The number of amides is 2. The van der Waals surface area contributed by atoms with E-state index in [1.165, 1.54) is 18.9 Å². The standard InChI is InChI=1S/C24H20ClF3N2O3S/c1-14(22(31)30-21-12-16(24(26,27)28)8-11-20(21)25)34-19-5-3-4-17(13-19)29-23(32)15-6-9-18(33-2)10-7-15/h3-14H,1-2H3,(H,29,32)(H,30,31). The maximum atomic E-state index is 13.0. The Morgan fingerprint density at radius 3 is 2.35 bits per heavy atom. The Kier molecular flexibility index (Phi) is 8.11. The molecule has 0 saturated carbocycles. The average molecular weight is 509 g/mol. The number of hydrogen-bond donors (Lipinski definition) is 2. The van der Waals surface area contributed by atoms with Gasteiger partial charge in [-0.25, -0.2) is 0 Å². The average Bonchev–Trinajstić information content (AvgIpc) is 2.80. The van der Waals surface area contributed by atoms with Gasteiger partial charge >= 0.3 is 6.18 Å². The van der Waals surface area contributed by atoms with Gasteiger partial charge in [0.2, 0.25) is 5.91 Å². The summed E-state index contributed by atoms with van der Waals surface area (Å²) in [7, 11) is 1.54. The quantitative estimate of drug-likeness (QED) is 0.347. The van der Waals surface area contributed by atoms with Gasteiger partial charge in [0, 0.05) is 16.1 Å². The summed E-state index contributed by atoms with van der Waals surface area (Å²) in [6, 6.07) is 16.3. The largest absolute Gasteiger partial charge is 0.497 e. The van der Waals surface area contributed by atoms with E-state index in [1.807, 2.05) is 0 Å². The van der Waals surface area contributed by atoms with Crippen LogP contribution in [0.2, 0.25) is 5.02 Å². The van der Waals surface area contributed by atoms with Crippen LogP contribution in [0.5, 0.6) is 5.75 Å². The number of thioether (sulfide) groups is 1. The highest BCUT2D eigenvalue weighted by molar-refractivity contribution is 8.00. The second kappa shape index (κ2) is 10.8. The summed E-state index contributed by atoms with van der Waals surface area (Å²) in [6.07, 6.45) is -4.55. The molecule has 3 aromatic rings. The van der Waals surface area contributed by atoms with Crippen LogP contribution in [0.3, 0.4) is 0 Å². The predicted octanol–water partition coefficient (Wildman–Crippen LogP) is 6.74. The molecule has 0 aliphatic heterocycles. The first-order valence-corrected chi connectivity index (χ1v) is 11.2. The third kappa shape index (κ3) is 6.68. The normalized spacial score (nSPS) is 12.1. The van der Waals surface area contributed by atoms with E-state index >= 15 is 0 Å². The van der Waals surface area contributed by atoms with E-state index in [2.05, 4.69) is 10.6 Å². The number of rotatable bonds is 7. The molecule has 1 atom stereocenters. The zero-order valence-corrected chi connectivity index (χ0v) is 19.6. The number of hydrogen-bond acceptors (Lipinski definition) is 4. The molecule has 0 spiro atoms. The van der Waals surface area contributed by atoms with Crippen LogP contribution < -0.4 is 15.4 Å². The SMILES string of the molecule is COc1ccc(C(=O)Nc2cccc(SC(C)C(=O)Nc3cc(C(F)(F)F)ccc3Cl)c2)cc1. The molecule has 0 heterocycles. The van der Waals surface area contributed by atoms with Crippen molar-refractivity contribution in [2.75, 3.05) is 17.7 Å². The summed E-state index contributed by atoms with van der Waals surface area (Å²) >= 11 is 7.14. The number of halogens is 4. The third-order valence-electron chi connectivity index (χ3n) is 4.68. The maximum Gasteiger partial charge on any atom is 0.416 e. The van der Waals surface area contributed by atoms with Crippen LogP contribution in [0.25, 0.3) is 0 Å². The Morgan fingerprint density at radius 1 is 1.00 bits per heavy atom. The van der Waals surface area contributed by atoms with Crippen molar-refractivity contribution in [3.8, 4) is 5.75 Å². The van der Waals surface area contributed by atoms with Gasteiger partial charge < -0.3 is 15.4 Å². The minimum atomic E-state index is -4.55. The molecular weight excluding hydrogens is 489 g/mol. The monoisotopic (exact) mass is 508 g/mol. The molecule has 2 amide bonds. The first-order valence-electron chi connectivity index (χ1n) is 9.96. The molecule has 1 unspecified atom stereocenters. The first-order chi connectivity index (χ1) is 16.1. The predicted molar refractivity (Wildman–Crippen MR) is 128 cm³/mol. The molecule has 5 nitrogen and oxygen atoms in total. The zero-order chi connectivity index (χ0) is 24.9. The Labute approximate surface area is 203 Å². The van der Waals surface area contributed by atoms with Crippen molar-refractivity contribution in [2.45, 2.75) is 23.2 Å². The minimum Gasteiger partial charge on any atom is -0.497 e. The van der Waals surface area contributed by atoms with E-state index in [0.717, 1.165) is 18.2 Å². The topological polar surface area (TPSA) is 67.4 Å². The van der Waals surface area contributed by atoms with Crippen molar-refractivity contribution in [2.24, 2.45) is 0 Å². The van der Waals surface area contributed by atoms with Crippen LogP contribution >= 0.6 is 23.4 Å². The van der Waals surface area contributed by atoms with Gasteiger partial charge in [0.1, 0.15) is 5.75 Å². The van der Waals surface area contributed by atoms with E-state index in [1.54, 1.807) is 55.5 Å². The molecule has 0 saturated heterocycles. The second-order valence-electron chi connectivity index (χ2n) is 7.15. The molecule has 0 bridgehead atoms. The van der Waals surface area contributed by atoms with Crippen LogP contribution in [0, 0.1) is 0 Å². The van der Waals surface area contributed by atoms with Crippen LogP contribution in [-0.2, 0) is 11.0 Å². The number of anilines is 2. The van der Waals surface area contributed by atoms with Crippen LogP contribution in [0.15, 0.2) is 71.6 Å². The molecule has 0 aromatic heterocycles. The van der Waals surface area contributed by atoms with E-state index in [4.69, 9.17) is 16.3 Å². The fraction of sp³-hybridized carbons (Fsp3) is 0.167. The summed E-state index contributed by atoms with van der Waals surface area (Å²) in [6.45, 7) is 1.62. The van der Waals surface area contributed by atoms with Gasteiger partial charge in [-0.2, -0.15) is 13.2 Å². The van der Waals surface area contributed by atoms with Crippen LogP contribution in [0.4, 0.5) is 24.5 Å². The van der Waals surface area contributed by atoms with Gasteiger partial charge in [-0.15, -0.1) is 11.8 Å². The number of methoxy groups -OCH3 is 1. The zero-order valence-electron chi connectivity index (χ0n) is 18.1. The molecule has 34 heavy (non-hydrogen) atoms. The number of nitrogens with one attached hydrogen (secondary N) is 2. The highest BCUT2D eigenvalue weighted by atomic mass is 35.5. The molecule has 0 fully saturated rings. The van der Waals surface area contributed by atoms with Gasteiger partial charge in [-0.1, -0.05) is 17.7 Å². The molecule has 0 aliphatic rings. The van der Waals surface area contributed by atoms with Gasteiger partial charge in [0.05, 0.1) is 28.6 Å². The fourth-order valence-electron chi connectivity index (χ4n) is 2.88. The van der Waals surface area contributed by atoms with Gasteiger partial charge in [0.25, 0.3) is 5.91 Å². The first kappa shape index (κ1) is 25.5. The Morgan fingerprint density at radius 2 is 1.71 bits per heavy atom. The summed E-state index contributed by atoms with van der Waals surface area (Å²) in [5, 5.41) is 4.58. The molecule has 0 radical (unpaired) electrons. The van der Waals surface area contributed by atoms with Crippen LogP contribution in [0.1, 0.15) is 22.8 Å². The Balaban J connectivity index is 1.65. The Bertz CT molecular complexity index is 1190. The number of benzene rings is 3. The molecule has 2 N–H and O–H groups in total. The second-order valence-corrected chi connectivity index (χ2v) is 8.97. The van der Waals surface area contributed by atoms with Crippen molar-refractivity contribution in [3.05, 3.63) is 82.9 Å². The number of carbonyl (C=O) groups is 2. The third-order valence-corrected chi connectivity index (χ3v) is 6.10. The lowest BCUT2D eigenvalue weighted by Crippen LogP contribution is -2.23. The lowest BCUT2D eigenvalue weighted by molar-refractivity contribution is -0.137. The Hall–Kier alpha value is -3.17. The minimum absolute atomic E-state index is 0.00166. The van der Waals surface area contributed by atoms with Crippen molar-refractivity contribution in [1.29, 1.82) is 0 Å². The molecule has 0 aliphatic carbocycles. The van der Waals surface area contributed by atoms with Crippen molar-refractivity contribution >= 4 is 46.6 Å². The lowest BCUT2D eigenvalue weighted by Gasteiger charge is -2.15. The summed E-state index contributed by atoms with van der Waals surface area (Å²) in [4.78, 5) is 25.7. The van der Waals surface area contributed by atoms with Crippen LogP contribution in [-0.4, -0.2) is 24.2 Å². The van der Waals surface area contributed by atoms with Gasteiger partial charge in [0.15, 0.2) is 0 Å². The molecular formula is C24H20ClF3N2O3S. The molecule has 178 valence electrons. The molecule has 3 rings (SSSR count). The number of alkyl halides is 3. The van der Waals surface area contributed by atoms with Gasteiger partial charge in [-0.05, 0) is 67.6 Å². The highest BCUT2D eigenvalue weighted by Gasteiger charge is 2.31. The summed E-state index contributed by atoms with van der Waals surface area (Å²) < 4.78 is 44.0. The highest BCUT2D eigenvalue weighted by Crippen LogP contribution is 2.34. The lowest BCUT2D eigenvalue weighted by atomic mass is 10.2. The summed E-state index contributed by atoms with van der Waals surface area (Å²) in [5.41, 5.74) is -0.0498. The smallest absolute Gasteiger partial charge is 0.416 e.